The molecule has 108 valence electrons. The van der Waals surface area contributed by atoms with Crippen LogP contribution in [0.3, 0.4) is 0 Å². The molecule has 1 aromatic carbocycles. The molecular weight excluding hydrogens is 321 g/mol. The van der Waals surface area contributed by atoms with Crippen molar-refractivity contribution < 1.29 is 4.39 Å². The summed E-state index contributed by atoms with van der Waals surface area (Å²) in [5, 5.41) is 7.79. The summed E-state index contributed by atoms with van der Waals surface area (Å²) in [5.41, 5.74) is 3.37. The number of aromatic nitrogens is 2. The van der Waals surface area contributed by atoms with Gasteiger partial charge < -0.3 is 5.32 Å². The quantitative estimate of drug-likeness (QED) is 0.814. The number of hydrogen-bond donors (Lipinski definition) is 1. The van der Waals surface area contributed by atoms with Gasteiger partial charge in [-0.1, -0.05) is 28.9 Å². The third-order valence-electron chi connectivity index (χ3n) is 3.28. The van der Waals surface area contributed by atoms with Crippen LogP contribution < -0.4 is 5.32 Å². The normalized spacial score (nSPS) is 11.0. The Morgan fingerprint density at radius 2 is 2.15 bits per heavy atom. The summed E-state index contributed by atoms with van der Waals surface area (Å²) in [7, 11) is 0. The Kier molecular flexibility index (Phi) is 5.31. The molecule has 0 aliphatic rings. The lowest BCUT2D eigenvalue weighted by atomic mass is 10.2. The molecule has 0 saturated carbocycles. The summed E-state index contributed by atoms with van der Waals surface area (Å²) in [6, 6.07) is 4.75. The molecule has 0 atom stereocenters. The van der Waals surface area contributed by atoms with Gasteiger partial charge in [0.2, 0.25) is 0 Å². The van der Waals surface area contributed by atoms with E-state index in [1.165, 1.54) is 17.7 Å². The smallest absolute Gasteiger partial charge is 0.124 e. The van der Waals surface area contributed by atoms with Crippen LogP contribution in [0.5, 0.6) is 0 Å². The number of halogens is 2. The van der Waals surface area contributed by atoms with E-state index >= 15 is 0 Å². The number of benzene rings is 1. The highest BCUT2D eigenvalue weighted by Crippen LogP contribution is 2.20. The average molecular weight is 340 g/mol. The maximum absolute atomic E-state index is 13.1. The molecule has 2 aromatic rings. The first-order valence-corrected chi connectivity index (χ1v) is 7.57. The Labute approximate surface area is 127 Å². The number of nitrogens with one attached hydrogen (secondary N) is 1. The molecule has 0 spiro atoms. The zero-order chi connectivity index (χ0) is 14.5. The van der Waals surface area contributed by atoms with Crippen LogP contribution in [0.25, 0.3) is 0 Å². The molecule has 0 fully saturated rings. The van der Waals surface area contributed by atoms with Gasteiger partial charge >= 0.3 is 0 Å². The molecule has 1 heterocycles. The predicted molar refractivity (Wildman–Crippen MR) is 82.2 cm³/mol. The molecule has 0 amide bonds. The van der Waals surface area contributed by atoms with Crippen LogP contribution in [0.2, 0.25) is 0 Å². The van der Waals surface area contributed by atoms with E-state index in [9.17, 15) is 4.39 Å². The first-order valence-electron chi connectivity index (χ1n) is 6.77. The van der Waals surface area contributed by atoms with Gasteiger partial charge in [-0.25, -0.2) is 4.39 Å². The van der Waals surface area contributed by atoms with Crippen molar-refractivity contribution in [1.82, 2.24) is 15.1 Å². The molecule has 5 heteroatoms. The third-order valence-corrected chi connectivity index (χ3v) is 4.02. The highest BCUT2D eigenvalue weighted by atomic mass is 79.9. The van der Waals surface area contributed by atoms with Crippen LogP contribution in [0, 0.1) is 12.7 Å². The topological polar surface area (TPSA) is 29.9 Å². The molecule has 0 unspecified atom stereocenters. The minimum atomic E-state index is -0.234. The summed E-state index contributed by atoms with van der Waals surface area (Å²) in [4.78, 5) is 0. The Hall–Kier alpha value is -1.20. The molecule has 1 N–H and O–H groups in total. The predicted octanol–water partition coefficient (Wildman–Crippen LogP) is 3.64. The van der Waals surface area contributed by atoms with E-state index in [2.05, 4.69) is 40.2 Å². The first kappa shape index (κ1) is 15.2. The minimum absolute atomic E-state index is 0.234. The van der Waals surface area contributed by atoms with Crippen molar-refractivity contribution in [1.29, 1.82) is 0 Å². The fourth-order valence-corrected chi connectivity index (χ4v) is 2.51. The van der Waals surface area contributed by atoms with Gasteiger partial charge in [-0.2, -0.15) is 5.10 Å². The van der Waals surface area contributed by atoms with E-state index in [0.29, 0.717) is 6.54 Å². The van der Waals surface area contributed by atoms with Gasteiger partial charge in [0.15, 0.2) is 0 Å². The standard InChI is InChI=1S/C15H19BrFN3/c1-3-6-18-8-13-9-19-20(11(13)2)10-12-4-5-14(17)7-15(12)16/h4-5,7,9,18H,3,6,8,10H2,1-2H3. The second-order valence-corrected chi connectivity index (χ2v) is 5.68. The zero-order valence-electron chi connectivity index (χ0n) is 11.8. The molecule has 2 rings (SSSR count). The van der Waals surface area contributed by atoms with Crippen molar-refractivity contribution in [3.8, 4) is 0 Å². The van der Waals surface area contributed by atoms with Crippen LogP contribution in [0.1, 0.15) is 30.2 Å². The second kappa shape index (κ2) is 6.99. The van der Waals surface area contributed by atoms with Crippen LogP contribution in [0.15, 0.2) is 28.9 Å². The second-order valence-electron chi connectivity index (χ2n) is 4.83. The lowest BCUT2D eigenvalue weighted by molar-refractivity contribution is 0.620. The molecule has 3 nitrogen and oxygen atoms in total. The van der Waals surface area contributed by atoms with Gasteiger partial charge in [0.05, 0.1) is 12.7 Å². The van der Waals surface area contributed by atoms with E-state index < -0.39 is 0 Å². The Morgan fingerprint density at radius 3 is 2.85 bits per heavy atom. The van der Waals surface area contributed by atoms with E-state index in [4.69, 9.17) is 0 Å². The highest BCUT2D eigenvalue weighted by molar-refractivity contribution is 9.10. The maximum atomic E-state index is 13.1. The van der Waals surface area contributed by atoms with Crippen molar-refractivity contribution in [2.45, 2.75) is 33.4 Å². The molecule has 0 aliphatic carbocycles. The molecule has 0 saturated heterocycles. The lowest BCUT2D eigenvalue weighted by Gasteiger charge is -2.08. The van der Waals surface area contributed by atoms with Crippen LogP contribution in [-0.2, 0) is 13.1 Å². The highest BCUT2D eigenvalue weighted by Gasteiger charge is 2.08. The summed E-state index contributed by atoms with van der Waals surface area (Å²) in [5.74, 6) is -0.234. The largest absolute Gasteiger partial charge is 0.313 e. The monoisotopic (exact) mass is 339 g/mol. The van der Waals surface area contributed by atoms with Crippen LogP contribution >= 0.6 is 15.9 Å². The number of nitrogens with zero attached hydrogens (tertiary/aromatic N) is 2. The van der Waals surface area contributed by atoms with Crippen molar-refractivity contribution in [3.63, 3.8) is 0 Å². The van der Waals surface area contributed by atoms with Gasteiger partial charge in [0.25, 0.3) is 0 Å². The minimum Gasteiger partial charge on any atom is -0.313 e. The molecule has 20 heavy (non-hydrogen) atoms. The molecular formula is C15H19BrFN3. The van der Waals surface area contributed by atoms with E-state index in [1.54, 1.807) is 6.07 Å². The van der Waals surface area contributed by atoms with Crippen molar-refractivity contribution in [3.05, 3.63) is 51.5 Å². The first-order chi connectivity index (χ1) is 9.61. The SMILES string of the molecule is CCCNCc1cnn(Cc2ccc(F)cc2Br)c1C. The zero-order valence-corrected chi connectivity index (χ0v) is 13.4. The Bertz CT molecular complexity index is 580. The third kappa shape index (κ3) is 3.67. The maximum Gasteiger partial charge on any atom is 0.124 e. The molecule has 0 bridgehead atoms. The fourth-order valence-electron chi connectivity index (χ4n) is 2.03. The van der Waals surface area contributed by atoms with Gasteiger partial charge in [-0.3, -0.25) is 4.68 Å². The lowest BCUT2D eigenvalue weighted by Crippen LogP contribution is -2.14. The number of hydrogen-bond acceptors (Lipinski definition) is 2. The van der Waals surface area contributed by atoms with E-state index in [1.807, 2.05) is 10.9 Å². The van der Waals surface area contributed by atoms with Crippen LogP contribution in [-0.4, -0.2) is 16.3 Å². The van der Waals surface area contributed by atoms with Gasteiger partial charge in [-0.15, -0.1) is 0 Å². The van der Waals surface area contributed by atoms with E-state index in [-0.39, 0.29) is 5.82 Å². The number of rotatable bonds is 6. The summed E-state index contributed by atoms with van der Waals surface area (Å²) >= 11 is 3.39. The summed E-state index contributed by atoms with van der Waals surface area (Å²) in [6.45, 7) is 6.70. The van der Waals surface area contributed by atoms with Gasteiger partial charge in [-0.05, 0) is 37.6 Å². The van der Waals surface area contributed by atoms with Gasteiger partial charge in [0.1, 0.15) is 5.82 Å². The Morgan fingerprint density at radius 1 is 1.35 bits per heavy atom. The summed E-state index contributed by atoms with van der Waals surface area (Å²) < 4.78 is 15.8. The van der Waals surface area contributed by atoms with Crippen molar-refractivity contribution >= 4 is 15.9 Å². The fraction of sp³-hybridized carbons (Fsp3) is 0.400. The molecule has 0 aliphatic heterocycles. The average Bonchev–Trinajstić information content (AvgIpc) is 2.75. The van der Waals surface area contributed by atoms with Crippen molar-refractivity contribution in [2.24, 2.45) is 0 Å². The molecule has 0 radical (unpaired) electrons. The van der Waals surface area contributed by atoms with Gasteiger partial charge in [0, 0.05) is 22.3 Å². The Balaban J connectivity index is 2.10. The summed E-state index contributed by atoms with van der Waals surface area (Å²) in [6.07, 6.45) is 3.02. The molecule has 1 aromatic heterocycles. The van der Waals surface area contributed by atoms with Crippen molar-refractivity contribution in [2.75, 3.05) is 6.54 Å². The van der Waals surface area contributed by atoms with Crippen LogP contribution in [0.4, 0.5) is 4.39 Å². The van der Waals surface area contributed by atoms with E-state index in [0.717, 1.165) is 35.2 Å².